The smallest absolute Gasteiger partial charge is 0.319 e. The molecule has 4 nitrogen and oxygen atoms in total. The molecule has 0 spiro atoms. The molecule has 0 bridgehead atoms. The number of nitrogens with one attached hydrogen (secondary N) is 1. The molecule has 1 saturated heterocycles. The fourth-order valence-electron chi connectivity index (χ4n) is 2.50. The fraction of sp³-hybridized carbons (Fsp3) is 0.562. The van der Waals surface area contributed by atoms with E-state index in [9.17, 15) is 4.79 Å². The Hall–Kier alpha value is -1.55. The molecule has 0 amide bonds. The van der Waals surface area contributed by atoms with Gasteiger partial charge in [0.15, 0.2) is 0 Å². The summed E-state index contributed by atoms with van der Waals surface area (Å²) in [5, 5.41) is 3.10. The van der Waals surface area contributed by atoms with Crippen LogP contribution >= 0.6 is 0 Å². The molecule has 0 radical (unpaired) electrons. The highest BCUT2D eigenvalue weighted by Gasteiger charge is 2.10. The second-order valence-electron chi connectivity index (χ2n) is 5.12. The van der Waals surface area contributed by atoms with Crippen LogP contribution in [0.25, 0.3) is 0 Å². The van der Waals surface area contributed by atoms with Crippen LogP contribution in [0.5, 0.6) is 0 Å². The molecule has 2 rings (SSSR count). The van der Waals surface area contributed by atoms with Crippen LogP contribution in [0.3, 0.4) is 0 Å². The van der Waals surface area contributed by atoms with Gasteiger partial charge in [-0.2, -0.15) is 0 Å². The zero-order chi connectivity index (χ0) is 14.2. The molecule has 110 valence electrons. The van der Waals surface area contributed by atoms with Crippen molar-refractivity contribution in [1.29, 1.82) is 0 Å². The normalized spacial score (nSPS) is 15.2. The highest BCUT2D eigenvalue weighted by Crippen LogP contribution is 2.20. The van der Waals surface area contributed by atoms with Crippen molar-refractivity contribution >= 4 is 11.7 Å². The van der Waals surface area contributed by atoms with E-state index in [2.05, 4.69) is 34.5 Å². The van der Waals surface area contributed by atoms with Gasteiger partial charge in [-0.05, 0) is 43.9 Å². The van der Waals surface area contributed by atoms with E-state index in [0.29, 0.717) is 13.2 Å². The predicted molar refractivity (Wildman–Crippen MR) is 80.8 cm³/mol. The molecular formula is C16H24N2O2. The molecule has 20 heavy (non-hydrogen) atoms. The average Bonchev–Trinajstić information content (AvgIpc) is 2.49. The minimum atomic E-state index is -0.197. The molecular weight excluding hydrogens is 252 g/mol. The summed E-state index contributed by atoms with van der Waals surface area (Å²) in [7, 11) is 0. The number of rotatable bonds is 6. The monoisotopic (exact) mass is 276 g/mol. The van der Waals surface area contributed by atoms with E-state index in [-0.39, 0.29) is 12.5 Å². The fourth-order valence-corrected chi connectivity index (χ4v) is 2.50. The zero-order valence-electron chi connectivity index (χ0n) is 12.2. The maximum atomic E-state index is 11.2. The molecule has 1 aliphatic rings. The SMILES string of the molecule is CCOC(=O)CNCc1ccc(N2CCCCC2)cc1. The standard InChI is InChI=1S/C16H24N2O2/c1-2-20-16(19)13-17-12-14-6-8-15(9-7-14)18-10-4-3-5-11-18/h6-9,17H,2-5,10-13H2,1H3. The lowest BCUT2D eigenvalue weighted by Crippen LogP contribution is -2.29. The number of carbonyl (C=O) groups is 1. The van der Waals surface area contributed by atoms with Crippen molar-refractivity contribution in [2.75, 3.05) is 31.1 Å². The predicted octanol–water partition coefficient (Wildman–Crippen LogP) is 2.33. The Morgan fingerprint density at radius 1 is 1.20 bits per heavy atom. The lowest BCUT2D eigenvalue weighted by atomic mass is 10.1. The summed E-state index contributed by atoms with van der Waals surface area (Å²) in [4.78, 5) is 13.6. The number of hydrogen-bond acceptors (Lipinski definition) is 4. The van der Waals surface area contributed by atoms with Crippen LogP contribution in [-0.4, -0.2) is 32.2 Å². The van der Waals surface area contributed by atoms with Crippen LogP contribution in [0.15, 0.2) is 24.3 Å². The molecule has 4 heteroatoms. The van der Waals surface area contributed by atoms with E-state index in [0.717, 1.165) is 0 Å². The summed E-state index contributed by atoms with van der Waals surface area (Å²) in [5.74, 6) is -0.197. The highest BCUT2D eigenvalue weighted by molar-refractivity contribution is 5.71. The second-order valence-corrected chi connectivity index (χ2v) is 5.12. The third-order valence-corrected chi connectivity index (χ3v) is 3.56. The number of carbonyl (C=O) groups excluding carboxylic acids is 1. The first kappa shape index (κ1) is 14.9. The van der Waals surface area contributed by atoms with Gasteiger partial charge in [-0.15, -0.1) is 0 Å². The Kier molecular flexibility index (Phi) is 5.87. The lowest BCUT2D eigenvalue weighted by molar-refractivity contribution is -0.142. The van der Waals surface area contributed by atoms with Crippen LogP contribution in [0.4, 0.5) is 5.69 Å². The van der Waals surface area contributed by atoms with Gasteiger partial charge in [-0.1, -0.05) is 12.1 Å². The van der Waals surface area contributed by atoms with Crippen LogP contribution in [0.1, 0.15) is 31.7 Å². The van der Waals surface area contributed by atoms with Gasteiger partial charge in [0, 0.05) is 25.3 Å². The van der Waals surface area contributed by atoms with Crippen LogP contribution in [0.2, 0.25) is 0 Å². The van der Waals surface area contributed by atoms with Crippen LogP contribution in [-0.2, 0) is 16.1 Å². The molecule has 1 N–H and O–H groups in total. The summed E-state index contributed by atoms with van der Waals surface area (Å²) < 4.78 is 4.87. The molecule has 1 fully saturated rings. The van der Waals surface area contributed by atoms with Crippen molar-refractivity contribution in [3.05, 3.63) is 29.8 Å². The van der Waals surface area contributed by atoms with E-state index < -0.39 is 0 Å². The molecule has 1 aromatic rings. The Balaban J connectivity index is 1.77. The van der Waals surface area contributed by atoms with Gasteiger partial charge >= 0.3 is 5.97 Å². The highest BCUT2D eigenvalue weighted by atomic mass is 16.5. The van der Waals surface area contributed by atoms with Crippen molar-refractivity contribution in [3.8, 4) is 0 Å². The van der Waals surface area contributed by atoms with Gasteiger partial charge in [0.2, 0.25) is 0 Å². The first-order valence-electron chi connectivity index (χ1n) is 7.50. The summed E-state index contributed by atoms with van der Waals surface area (Å²) in [6.45, 7) is 5.55. The van der Waals surface area contributed by atoms with E-state index in [4.69, 9.17) is 4.74 Å². The van der Waals surface area contributed by atoms with Gasteiger partial charge in [0.25, 0.3) is 0 Å². The Labute approximate surface area is 121 Å². The van der Waals surface area contributed by atoms with Crippen molar-refractivity contribution in [2.45, 2.75) is 32.7 Å². The van der Waals surface area contributed by atoms with Gasteiger partial charge < -0.3 is 15.0 Å². The minimum absolute atomic E-state index is 0.197. The summed E-state index contributed by atoms with van der Waals surface area (Å²) in [5.41, 5.74) is 2.49. The van der Waals surface area contributed by atoms with Gasteiger partial charge in [-0.3, -0.25) is 4.79 Å². The first-order chi connectivity index (χ1) is 9.79. The molecule has 1 aliphatic heterocycles. The van der Waals surface area contributed by atoms with E-state index >= 15 is 0 Å². The number of hydrogen-bond donors (Lipinski definition) is 1. The van der Waals surface area contributed by atoms with E-state index in [1.807, 2.05) is 6.92 Å². The van der Waals surface area contributed by atoms with Crippen molar-refractivity contribution in [2.24, 2.45) is 0 Å². The summed E-state index contributed by atoms with van der Waals surface area (Å²) in [6.07, 6.45) is 3.94. The Bertz CT molecular complexity index is 411. The summed E-state index contributed by atoms with van der Waals surface area (Å²) >= 11 is 0. The Morgan fingerprint density at radius 2 is 1.90 bits per heavy atom. The number of ether oxygens (including phenoxy) is 1. The van der Waals surface area contributed by atoms with Crippen molar-refractivity contribution in [1.82, 2.24) is 5.32 Å². The van der Waals surface area contributed by atoms with Crippen LogP contribution < -0.4 is 10.2 Å². The second kappa shape index (κ2) is 7.90. The van der Waals surface area contributed by atoms with Gasteiger partial charge in [-0.25, -0.2) is 0 Å². The average molecular weight is 276 g/mol. The van der Waals surface area contributed by atoms with E-state index in [1.165, 1.54) is 43.6 Å². The number of esters is 1. The topological polar surface area (TPSA) is 41.6 Å². The largest absolute Gasteiger partial charge is 0.465 e. The number of piperidine rings is 1. The quantitative estimate of drug-likeness (QED) is 0.810. The third-order valence-electron chi connectivity index (χ3n) is 3.56. The summed E-state index contributed by atoms with van der Waals surface area (Å²) in [6, 6.07) is 8.60. The third kappa shape index (κ3) is 4.53. The number of anilines is 1. The molecule has 0 saturated carbocycles. The molecule has 0 aromatic heterocycles. The zero-order valence-corrected chi connectivity index (χ0v) is 12.2. The number of nitrogens with zero attached hydrogens (tertiary/aromatic N) is 1. The van der Waals surface area contributed by atoms with Gasteiger partial charge in [0.05, 0.1) is 13.2 Å². The molecule has 0 aliphatic carbocycles. The molecule has 0 unspecified atom stereocenters. The Morgan fingerprint density at radius 3 is 2.55 bits per heavy atom. The van der Waals surface area contributed by atoms with Crippen molar-refractivity contribution in [3.63, 3.8) is 0 Å². The molecule has 0 atom stereocenters. The first-order valence-corrected chi connectivity index (χ1v) is 7.50. The van der Waals surface area contributed by atoms with Gasteiger partial charge in [0.1, 0.15) is 0 Å². The van der Waals surface area contributed by atoms with Crippen LogP contribution in [0, 0.1) is 0 Å². The maximum Gasteiger partial charge on any atom is 0.319 e. The lowest BCUT2D eigenvalue weighted by Gasteiger charge is -2.28. The van der Waals surface area contributed by atoms with Crippen molar-refractivity contribution < 1.29 is 9.53 Å². The molecule has 1 aromatic carbocycles. The maximum absolute atomic E-state index is 11.2. The molecule has 1 heterocycles. The minimum Gasteiger partial charge on any atom is -0.465 e. The number of benzene rings is 1. The van der Waals surface area contributed by atoms with E-state index in [1.54, 1.807) is 0 Å².